The molecule has 0 aromatic heterocycles. The molecule has 5 fully saturated rings. The number of hydrogen-bond acceptors (Lipinski definition) is 33. The zero-order valence-corrected chi connectivity index (χ0v) is 83.5. The lowest BCUT2D eigenvalue weighted by molar-refractivity contribution is -0.143. The zero-order chi connectivity index (χ0) is 104. The van der Waals surface area contributed by atoms with E-state index in [9.17, 15) is 112 Å². The summed E-state index contributed by atoms with van der Waals surface area (Å²) >= 11 is 5.63. The second-order valence-corrected chi connectivity index (χ2v) is 42.4. The summed E-state index contributed by atoms with van der Waals surface area (Å²) in [6, 6.07) is -10.5. The van der Waals surface area contributed by atoms with Crippen LogP contribution in [0.15, 0.2) is 48.5 Å². The first-order valence-electron chi connectivity index (χ1n) is 45.2. The summed E-state index contributed by atoms with van der Waals surface area (Å²) in [5.41, 5.74) is 7.31. The fourth-order valence-corrected chi connectivity index (χ4v) is 22.3. The van der Waals surface area contributed by atoms with E-state index in [1.54, 1.807) is 57.7 Å². The fraction of sp³-hybridized carbons (Fsp3) is 0.600. The van der Waals surface area contributed by atoms with Crippen molar-refractivity contribution in [2.24, 2.45) is 11.7 Å². The number of primary amides is 1. The molecule has 2 aromatic carbocycles. The third kappa shape index (κ3) is 42.1. The van der Waals surface area contributed by atoms with Gasteiger partial charge in [-0.3, -0.25) is 115 Å². The topological polar surface area (TPSA) is 723 Å². The Hall–Kier alpha value is -11.3. The molecule has 0 aliphatic carbocycles. The van der Waals surface area contributed by atoms with Crippen LogP contribution in [-0.4, -0.2) is 401 Å². The Balaban J connectivity index is 1.22. The highest BCUT2D eigenvalue weighted by Gasteiger charge is 2.43. The number of phenols is 1. The second-order valence-electron chi connectivity index (χ2n) is 34.3. The fourth-order valence-electron chi connectivity index (χ4n) is 15.1. The number of carboxylic acids is 6. The van der Waals surface area contributed by atoms with Crippen molar-refractivity contribution in [2.45, 2.75) is 189 Å². The number of thiocarbonyl (C=S) groups is 1. The van der Waals surface area contributed by atoms with Crippen LogP contribution in [0.5, 0.6) is 5.75 Å². The van der Waals surface area contributed by atoms with Gasteiger partial charge in [-0.15, -0.1) is 0 Å². The average Bonchev–Trinajstić information content (AvgIpc) is 1.64. The van der Waals surface area contributed by atoms with Crippen LogP contribution >= 0.6 is 77.0 Å². The molecule has 5 aliphatic rings. The van der Waals surface area contributed by atoms with Crippen LogP contribution < -0.4 is 85.5 Å². The van der Waals surface area contributed by atoms with E-state index in [0.29, 0.717) is 29.7 Å². The Morgan fingerprint density at radius 1 is 0.504 bits per heavy atom. The van der Waals surface area contributed by atoms with E-state index in [0.717, 1.165) is 69.7 Å². The number of aliphatic carboxylic acids is 6. The van der Waals surface area contributed by atoms with Gasteiger partial charge in [-0.05, 0) is 112 Å². The minimum Gasteiger partial charge on any atom is -0.508 e. The summed E-state index contributed by atoms with van der Waals surface area (Å²) in [6.45, 7) is 3.81. The molecular formula is C85H123N21O28S7. The SMILES string of the molecule is CC(C)C[C@@H]1NC(=O)[C@H](CCC(=O)O)NC(=O)[C@@H]2CSSC[C@@H]3NC(=O)[C@H](C)NC(=O)[C@@H]4CCCN4C(=O)[C@H](CC(N)=O)NC(=O)[C@H](CSSC[C@H](NC(=O)CCCCCNC(=S)Nc4ccc(CC5CN(CC(=O)O)CCN(CC(=O)O)CCN(CC(=O)O)CCN5CC(=O)O)cc4)C(=O)N2)NC(=O)[C@H](CSSC[C@@H](C(=O)N[C@@H](Cc2ccc(O)cc2)C(=O)O)NC(=O)CNC(=O)[C@H](C)NC3=O)NC1=O. The lowest BCUT2D eigenvalue weighted by Crippen LogP contribution is -2.61. The Morgan fingerprint density at radius 2 is 1.00 bits per heavy atom. The number of phenolic OH excluding ortho intramolecular Hbond substituents is 1. The summed E-state index contributed by atoms with van der Waals surface area (Å²) in [4.78, 5) is 300. The number of rotatable bonds is 30. The maximum absolute atomic E-state index is 15.4. The predicted octanol–water partition coefficient (Wildman–Crippen LogP) is -5.03. The normalized spacial score (nSPS) is 24.8. The Bertz CT molecular complexity index is 4770. The number of carboxylic acid groups (broad SMARTS) is 6. The van der Waals surface area contributed by atoms with Crippen molar-refractivity contribution in [3.8, 4) is 5.75 Å². The predicted molar refractivity (Wildman–Crippen MR) is 525 cm³/mol. The van der Waals surface area contributed by atoms with Gasteiger partial charge in [-0.1, -0.05) is 109 Å². The smallest absolute Gasteiger partial charge is 0.326 e. The van der Waals surface area contributed by atoms with Crippen LogP contribution in [0.3, 0.4) is 0 Å². The number of benzene rings is 2. The van der Waals surface area contributed by atoms with E-state index in [1.807, 2.05) is 0 Å². The van der Waals surface area contributed by atoms with E-state index in [4.69, 9.17) is 18.0 Å². The van der Waals surface area contributed by atoms with Crippen molar-refractivity contribution in [3.05, 3.63) is 59.7 Å². The lowest BCUT2D eigenvalue weighted by Gasteiger charge is -2.37. The van der Waals surface area contributed by atoms with Gasteiger partial charge >= 0.3 is 35.8 Å². The van der Waals surface area contributed by atoms with E-state index in [1.165, 1.54) is 38.1 Å². The molecule has 7 rings (SSSR count). The van der Waals surface area contributed by atoms with Crippen molar-refractivity contribution in [3.63, 3.8) is 0 Å². The van der Waals surface area contributed by atoms with Gasteiger partial charge in [-0.2, -0.15) is 0 Å². The quantitative estimate of drug-likeness (QED) is 0.0151. The van der Waals surface area contributed by atoms with Crippen LogP contribution in [0, 0.1) is 5.92 Å². The average molecular weight is 2110 g/mol. The standard InChI is InChI=1S/C85H123N21O28S7/c1-45(2)29-54-75(124)99-62-44-140-137-40-58(77(126)97-56(84(133)134)31-49-13-17-52(107)18-14-49)93-66(110)33-88-72(121)46(3)89-76(125)59-41-138-141-42-60(79(128)94-53(74(123)95-54)19-20-67(111)112)100-78(127)57(39-136-139-43-61(101-81(62)130)80(129)96-55(32-64(86)108)83(132)106-22-8-9-63(106)82(131)90-47(4)73(122)98-59)92-65(109)10-6-5-7-21-87-85(135)91-50-15-11-48(12-16-50)30-51-34-104(37-70(117)118)26-25-102(35-68(113)114)23-24-103(36-69(115)116)27-28-105(51)38-71(119)120/h11-18,45-47,51,53-63,107H,5-10,19-44H2,1-4H3,(H2,86,108)(H,88,121)(H,89,125)(H,90,131)(H,92,109)(H,93,110)(H,94,128)(H,95,123)(H,96,129)(H,97,126)(H,98,122)(H,99,124)(H,100,127)(H,101,130)(H,111,112)(H,113,114)(H,115,116)(H,117,118)(H,119,120)(H,133,134)(H2,87,91,135)/t46-,47-,51?,53-,54-,55-,56-,57-,58-,59-,60-,61-,62-,63-/m0/s1. The Morgan fingerprint density at radius 3 is 1.57 bits per heavy atom. The first-order valence-corrected chi connectivity index (χ1v) is 53.1. The van der Waals surface area contributed by atoms with E-state index in [2.05, 4.69) is 79.8 Å². The number of nitrogens with two attached hydrogens (primary N) is 1. The van der Waals surface area contributed by atoms with Crippen molar-refractivity contribution < 1.29 is 136 Å². The molecule has 56 heteroatoms. The molecule has 0 spiro atoms. The number of anilines is 1. The minimum absolute atomic E-state index is 0.0303. The van der Waals surface area contributed by atoms with Crippen molar-refractivity contribution in [1.29, 1.82) is 0 Å². The van der Waals surface area contributed by atoms with Gasteiger partial charge in [-0.25, -0.2) is 4.79 Å². The van der Waals surface area contributed by atoms with Gasteiger partial charge in [0, 0.05) is 124 Å². The van der Waals surface area contributed by atoms with Crippen LogP contribution in [0.2, 0.25) is 0 Å². The zero-order valence-electron chi connectivity index (χ0n) is 77.8. The summed E-state index contributed by atoms with van der Waals surface area (Å²) in [7, 11) is 4.67. The third-order valence-corrected chi connectivity index (χ3v) is 30.0. The molecule has 15 amide bonds. The number of carbonyl (C=O) groups is 21. The molecule has 1 unspecified atom stereocenters. The monoisotopic (exact) mass is 2110 g/mol. The molecule has 5 saturated heterocycles. The van der Waals surface area contributed by atoms with Crippen LogP contribution in [-0.2, 0) is 114 Å². The summed E-state index contributed by atoms with van der Waals surface area (Å²) < 4.78 is 0. The second kappa shape index (κ2) is 59.6. The molecule has 0 radical (unpaired) electrons. The van der Waals surface area contributed by atoms with Gasteiger partial charge in [0.2, 0.25) is 88.6 Å². The molecule has 778 valence electrons. The van der Waals surface area contributed by atoms with Crippen molar-refractivity contribution in [2.75, 3.05) is 131 Å². The van der Waals surface area contributed by atoms with Crippen LogP contribution in [0.4, 0.5) is 5.69 Å². The molecule has 2 aromatic rings. The number of hydrogen-bond donors (Lipinski definition) is 23. The molecule has 14 atom stereocenters. The summed E-state index contributed by atoms with van der Waals surface area (Å²) in [5.74, 6) is -27.4. The Labute approximate surface area is 840 Å². The first kappa shape index (κ1) is 117. The molecular weight excluding hydrogens is 1990 g/mol. The highest BCUT2D eigenvalue weighted by molar-refractivity contribution is 8.77. The number of carbonyl (C=O) groups excluding carboxylic acids is 15. The minimum atomic E-state index is -1.91. The number of nitrogens with zero attached hydrogens (tertiary/aromatic N) is 5. The summed E-state index contributed by atoms with van der Waals surface area (Å²) in [5, 5.41) is 109. The van der Waals surface area contributed by atoms with E-state index >= 15 is 24.0 Å². The number of fused-ring (bicyclic) bond motifs is 20. The highest BCUT2D eigenvalue weighted by Crippen LogP contribution is 2.29. The maximum Gasteiger partial charge on any atom is 0.326 e. The van der Waals surface area contributed by atoms with Gasteiger partial charge in [0.1, 0.15) is 84.3 Å². The summed E-state index contributed by atoms with van der Waals surface area (Å²) in [6.07, 6.45) is -1.95. The maximum atomic E-state index is 15.4. The van der Waals surface area contributed by atoms with E-state index < -0.39 is 301 Å². The number of nitrogens with one attached hydrogen (secondary N) is 15. The number of unbranched alkanes of at least 4 members (excludes halogenated alkanes) is 2. The highest BCUT2D eigenvalue weighted by atomic mass is 33.1. The molecule has 24 N–H and O–H groups in total. The van der Waals surface area contributed by atoms with Crippen LogP contribution in [0.25, 0.3) is 0 Å². The number of aromatic hydroxyl groups is 1. The van der Waals surface area contributed by atoms with Gasteiger partial charge in [0.05, 0.1) is 39.1 Å². The lowest BCUT2D eigenvalue weighted by atomic mass is 10.0. The van der Waals surface area contributed by atoms with E-state index in [-0.39, 0.29) is 115 Å². The molecule has 141 heavy (non-hydrogen) atoms. The molecule has 4 bridgehead atoms. The third-order valence-electron chi connectivity index (χ3n) is 22.5. The first-order chi connectivity index (χ1) is 66.9. The van der Waals surface area contributed by atoms with Gasteiger partial charge < -0.3 is 126 Å². The van der Waals surface area contributed by atoms with Crippen LogP contribution in [0.1, 0.15) is 103 Å². The van der Waals surface area contributed by atoms with Gasteiger partial charge in [0.15, 0.2) is 5.11 Å². The van der Waals surface area contributed by atoms with Crippen molar-refractivity contribution >= 4 is 212 Å². The molecule has 5 aliphatic heterocycles. The molecule has 0 saturated carbocycles. The largest absolute Gasteiger partial charge is 0.508 e. The van der Waals surface area contributed by atoms with Crippen molar-refractivity contribution in [1.82, 2.24) is 98.9 Å². The van der Waals surface area contributed by atoms with Gasteiger partial charge in [0.25, 0.3) is 0 Å². The Kier molecular flexibility index (Phi) is 49.3. The molecule has 5 heterocycles. The molecule has 49 nitrogen and oxygen atoms in total. The number of amides is 15.